The number of aromatic nitrogens is 2. The van der Waals surface area contributed by atoms with Gasteiger partial charge in [-0.05, 0) is 23.9 Å². The normalized spacial score (nSPS) is 11.3. The van der Waals surface area contributed by atoms with E-state index < -0.39 is 9.84 Å². The van der Waals surface area contributed by atoms with Crippen molar-refractivity contribution in [3.8, 4) is 0 Å². The number of carbonyl (C=O) groups is 1. The Bertz CT molecular complexity index is 1070. The van der Waals surface area contributed by atoms with Gasteiger partial charge in [0.1, 0.15) is 0 Å². The van der Waals surface area contributed by atoms with Crippen molar-refractivity contribution in [2.75, 3.05) is 6.54 Å². The van der Waals surface area contributed by atoms with E-state index in [1.807, 2.05) is 36.6 Å². The number of nitrogens with zero attached hydrogens (tertiary/aromatic N) is 3. The summed E-state index contributed by atoms with van der Waals surface area (Å²) in [5, 5.41) is 1.85. The van der Waals surface area contributed by atoms with E-state index in [0.717, 1.165) is 0 Å². The van der Waals surface area contributed by atoms with Gasteiger partial charge in [0.2, 0.25) is 15.0 Å². The average Bonchev–Trinajstić information content (AvgIpc) is 3.37. The lowest BCUT2D eigenvalue weighted by Crippen LogP contribution is -2.31. The Balaban J connectivity index is 1.90. The number of benzene rings is 1. The van der Waals surface area contributed by atoms with Crippen molar-refractivity contribution in [1.82, 2.24) is 14.5 Å². The fourth-order valence-electron chi connectivity index (χ4n) is 3.03. The molecule has 3 rings (SSSR count). The van der Waals surface area contributed by atoms with Crippen LogP contribution in [0.3, 0.4) is 0 Å². The predicted molar refractivity (Wildman–Crippen MR) is 114 cm³/mol. The lowest BCUT2D eigenvalue weighted by molar-refractivity contribution is 0.0753. The van der Waals surface area contributed by atoms with E-state index >= 15 is 0 Å². The number of allylic oxidation sites excluding steroid dienone is 1. The van der Waals surface area contributed by atoms with Crippen molar-refractivity contribution >= 4 is 27.1 Å². The van der Waals surface area contributed by atoms with Crippen molar-refractivity contribution in [3.63, 3.8) is 0 Å². The minimum absolute atomic E-state index is 0.00382. The Morgan fingerprint density at radius 1 is 1.24 bits per heavy atom. The third-order valence-corrected chi connectivity index (χ3v) is 6.90. The van der Waals surface area contributed by atoms with E-state index in [1.165, 1.54) is 17.5 Å². The van der Waals surface area contributed by atoms with Crippen LogP contribution in [0.2, 0.25) is 0 Å². The molecule has 0 saturated heterocycles. The minimum Gasteiger partial charge on any atom is -0.332 e. The molecule has 0 saturated carbocycles. The lowest BCUT2D eigenvalue weighted by atomic mass is 10.2. The van der Waals surface area contributed by atoms with Gasteiger partial charge in [-0.25, -0.2) is 13.4 Å². The fraction of sp³-hybridized carbons (Fsp3) is 0.238. The highest BCUT2D eigenvalue weighted by molar-refractivity contribution is 7.90. The highest BCUT2D eigenvalue weighted by atomic mass is 32.2. The molecule has 29 heavy (non-hydrogen) atoms. The van der Waals surface area contributed by atoms with E-state index in [1.54, 1.807) is 33.7 Å². The molecule has 6 nitrogen and oxygen atoms in total. The van der Waals surface area contributed by atoms with Gasteiger partial charge in [-0.1, -0.05) is 42.5 Å². The van der Waals surface area contributed by atoms with Crippen LogP contribution in [0, 0.1) is 0 Å². The molecular formula is C21H23N3O3S2. The number of hydrogen-bond acceptors (Lipinski definition) is 5. The number of amides is 1. The number of thiophene rings is 1. The smallest absolute Gasteiger partial charge is 0.264 e. The second kappa shape index (κ2) is 9.19. The summed E-state index contributed by atoms with van der Waals surface area (Å²) in [5.74, 6) is -0.213. The van der Waals surface area contributed by atoms with Crippen LogP contribution in [0.25, 0.3) is 0 Å². The van der Waals surface area contributed by atoms with E-state index in [-0.39, 0.29) is 23.4 Å². The molecule has 1 aromatic carbocycles. The molecule has 1 amide bonds. The van der Waals surface area contributed by atoms with Gasteiger partial charge >= 0.3 is 0 Å². The summed E-state index contributed by atoms with van der Waals surface area (Å²) in [6.07, 6.45) is 3.16. The van der Waals surface area contributed by atoms with Crippen molar-refractivity contribution < 1.29 is 13.2 Å². The van der Waals surface area contributed by atoms with Gasteiger partial charge < -0.3 is 9.47 Å². The van der Waals surface area contributed by atoms with E-state index in [9.17, 15) is 13.2 Å². The standard InChI is InChI=1S/C21H23N3O3S2/c1-3-12-24-18(15-23(4-2)20(25)19-11-8-13-28-19)14-22-21(24)29(26,27)16-17-9-6-5-7-10-17/h3,5-11,13-14H,1,4,12,15-16H2,2H3. The van der Waals surface area contributed by atoms with Gasteiger partial charge in [-0.3, -0.25) is 4.79 Å². The summed E-state index contributed by atoms with van der Waals surface area (Å²) in [7, 11) is -3.65. The monoisotopic (exact) mass is 429 g/mol. The molecule has 0 N–H and O–H groups in total. The van der Waals surface area contributed by atoms with Crippen molar-refractivity contribution in [2.24, 2.45) is 0 Å². The second-order valence-corrected chi connectivity index (χ2v) is 9.30. The molecule has 0 aliphatic carbocycles. The van der Waals surface area contributed by atoms with Gasteiger partial charge in [0, 0.05) is 13.1 Å². The first kappa shape index (κ1) is 21.0. The van der Waals surface area contributed by atoms with Crippen LogP contribution in [0.4, 0.5) is 0 Å². The largest absolute Gasteiger partial charge is 0.332 e. The second-order valence-electron chi connectivity index (χ2n) is 6.47. The Kier molecular flexibility index (Phi) is 6.66. The maximum absolute atomic E-state index is 13.0. The zero-order valence-corrected chi connectivity index (χ0v) is 17.8. The highest BCUT2D eigenvalue weighted by Crippen LogP contribution is 2.20. The number of sulfone groups is 1. The third kappa shape index (κ3) is 4.83. The van der Waals surface area contributed by atoms with Crippen molar-refractivity contribution in [1.29, 1.82) is 0 Å². The minimum atomic E-state index is -3.65. The molecule has 8 heteroatoms. The summed E-state index contributed by atoms with van der Waals surface area (Å²) in [6, 6.07) is 12.6. The first-order valence-corrected chi connectivity index (χ1v) is 11.7. The van der Waals surface area contributed by atoms with Gasteiger partial charge in [0.15, 0.2) is 0 Å². The molecule has 0 unspecified atom stereocenters. The van der Waals surface area contributed by atoms with Crippen LogP contribution in [0.1, 0.15) is 27.9 Å². The van der Waals surface area contributed by atoms with Crippen LogP contribution < -0.4 is 0 Å². The maximum Gasteiger partial charge on any atom is 0.264 e. The molecule has 2 aromatic heterocycles. The molecule has 0 radical (unpaired) electrons. The third-order valence-electron chi connectivity index (χ3n) is 4.44. The summed E-state index contributed by atoms with van der Waals surface area (Å²) in [4.78, 5) is 19.3. The van der Waals surface area contributed by atoms with Crippen LogP contribution >= 0.6 is 11.3 Å². The average molecular weight is 430 g/mol. The zero-order chi connectivity index (χ0) is 20.9. The van der Waals surface area contributed by atoms with Crippen molar-refractivity contribution in [2.45, 2.75) is 30.9 Å². The lowest BCUT2D eigenvalue weighted by Gasteiger charge is -2.21. The molecule has 0 aliphatic rings. The SMILES string of the molecule is C=CCn1c(CN(CC)C(=O)c2cccs2)cnc1S(=O)(=O)Cc1ccccc1. The Hall–Kier alpha value is -2.71. The number of hydrogen-bond donors (Lipinski definition) is 0. The number of imidazole rings is 1. The topological polar surface area (TPSA) is 72.3 Å². The van der Waals surface area contributed by atoms with Gasteiger partial charge in [0.05, 0.1) is 29.1 Å². The maximum atomic E-state index is 13.0. The van der Waals surface area contributed by atoms with E-state index in [2.05, 4.69) is 11.6 Å². The summed E-state index contributed by atoms with van der Waals surface area (Å²) in [6.45, 7) is 6.70. The molecular weight excluding hydrogens is 406 g/mol. The van der Waals surface area contributed by atoms with Crippen LogP contribution in [0.15, 0.2) is 71.9 Å². The van der Waals surface area contributed by atoms with E-state index in [0.29, 0.717) is 29.2 Å². The Labute approximate surface area is 175 Å². The zero-order valence-electron chi connectivity index (χ0n) is 16.2. The summed E-state index contributed by atoms with van der Waals surface area (Å²) in [5.41, 5.74) is 1.36. The van der Waals surface area contributed by atoms with E-state index in [4.69, 9.17) is 0 Å². The van der Waals surface area contributed by atoms with Crippen molar-refractivity contribution in [3.05, 3.63) is 82.8 Å². The summed E-state index contributed by atoms with van der Waals surface area (Å²) < 4.78 is 27.6. The summed E-state index contributed by atoms with van der Waals surface area (Å²) >= 11 is 1.38. The predicted octanol–water partition coefficient (Wildman–Crippen LogP) is 3.77. The van der Waals surface area contributed by atoms with Gasteiger partial charge in [-0.2, -0.15) is 0 Å². The molecule has 2 heterocycles. The number of carbonyl (C=O) groups excluding carboxylic acids is 1. The quantitative estimate of drug-likeness (QED) is 0.486. The fourth-order valence-corrected chi connectivity index (χ4v) is 5.22. The number of rotatable bonds is 9. The Morgan fingerprint density at radius 2 is 2.00 bits per heavy atom. The highest BCUT2D eigenvalue weighted by Gasteiger charge is 2.25. The van der Waals surface area contributed by atoms with Crippen LogP contribution in [0.5, 0.6) is 0 Å². The first-order valence-electron chi connectivity index (χ1n) is 9.21. The molecule has 0 fully saturated rings. The Morgan fingerprint density at radius 3 is 2.62 bits per heavy atom. The molecule has 0 bridgehead atoms. The van der Waals surface area contributed by atoms with Crippen LogP contribution in [-0.2, 0) is 28.7 Å². The molecule has 3 aromatic rings. The first-order chi connectivity index (χ1) is 14.0. The van der Waals surface area contributed by atoms with Crippen LogP contribution in [-0.4, -0.2) is 35.3 Å². The van der Waals surface area contributed by atoms with Gasteiger partial charge in [-0.15, -0.1) is 17.9 Å². The molecule has 0 atom stereocenters. The molecule has 152 valence electrons. The van der Waals surface area contributed by atoms with Gasteiger partial charge in [0.25, 0.3) is 5.91 Å². The molecule has 0 spiro atoms. The molecule has 0 aliphatic heterocycles.